The van der Waals surface area contributed by atoms with E-state index in [1.165, 1.54) is 4.68 Å². The fourth-order valence-electron chi connectivity index (χ4n) is 2.62. The minimum atomic E-state index is -0.282. The number of amides is 2. The first-order chi connectivity index (χ1) is 12.2. The number of hydrogen-bond acceptors (Lipinski definition) is 4. The van der Waals surface area contributed by atoms with Crippen LogP contribution < -0.4 is 16.3 Å². The fraction of sp³-hybridized carbons (Fsp3) is 0.471. The number of nitrogens with one attached hydrogen (secondary N) is 2. The Balaban J connectivity index is 1.66. The van der Waals surface area contributed by atoms with E-state index in [2.05, 4.69) is 15.7 Å². The van der Waals surface area contributed by atoms with Crippen LogP contribution in [0.15, 0.2) is 35.1 Å². The van der Waals surface area contributed by atoms with Gasteiger partial charge in [0.2, 0.25) is 0 Å². The van der Waals surface area contributed by atoms with Crippen molar-refractivity contribution in [3.63, 3.8) is 0 Å². The maximum atomic E-state index is 12.6. The molecule has 0 aliphatic heterocycles. The summed E-state index contributed by atoms with van der Waals surface area (Å²) in [6.07, 6.45) is 2.01. The summed E-state index contributed by atoms with van der Waals surface area (Å²) < 4.78 is 8.07. The number of ether oxygens (including phenoxy) is 1. The van der Waals surface area contributed by atoms with Gasteiger partial charge in [-0.15, -0.1) is 5.10 Å². The van der Waals surface area contributed by atoms with E-state index < -0.39 is 0 Å². The summed E-state index contributed by atoms with van der Waals surface area (Å²) in [5.41, 5.74) is 0.804. The van der Waals surface area contributed by atoms with Gasteiger partial charge in [-0.2, -0.15) is 0 Å². The van der Waals surface area contributed by atoms with Crippen LogP contribution in [-0.2, 0) is 11.3 Å². The summed E-state index contributed by atoms with van der Waals surface area (Å²) in [5.74, 6) is 0.692. The highest BCUT2D eigenvalue weighted by atomic mass is 16.5. The summed E-state index contributed by atoms with van der Waals surface area (Å²) in [4.78, 5) is 24.3. The first-order valence-corrected chi connectivity index (χ1v) is 8.46. The predicted octanol–water partition coefficient (Wildman–Crippen LogP) is 0.992. The first-order valence-electron chi connectivity index (χ1n) is 8.46. The van der Waals surface area contributed by atoms with Gasteiger partial charge in [-0.25, -0.2) is 14.3 Å². The average molecular weight is 345 g/mol. The molecule has 1 aromatic heterocycles. The Bertz CT molecular complexity index is 764. The van der Waals surface area contributed by atoms with Crippen molar-refractivity contribution in [1.29, 1.82) is 0 Å². The van der Waals surface area contributed by atoms with Crippen molar-refractivity contribution in [2.75, 3.05) is 26.8 Å². The molecule has 8 heteroatoms. The highest BCUT2D eigenvalue weighted by molar-refractivity contribution is 5.73. The van der Waals surface area contributed by atoms with Crippen LogP contribution in [0.2, 0.25) is 0 Å². The second-order valence-electron chi connectivity index (χ2n) is 5.97. The maximum Gasteiger partial charge on any atom is 0.346 e. The number of rotatable bonds is 8. The van der Waals surface area contributed by atoms with Gasteiger partial charge in [-0.1, -0.05) is 30.3 Å². The van der Waals surface area contributed by atoms with Crippen LogP contribution in [-0.4, -0.2) is 47.2 Å². The van der Waals surface area contributed by atoms with E-state index in [0.29, 0.717) is 32.1 Å². The molecule has 1 aliphatic carbocycles. The average Bonchev–Trinajstić information content (AvgIpc) is 3.40. The van der Waals surface area contributed by atoms with Gasteiger partial charge in [-0.3, -0.25) is 4.57 Å². The van der Waals surface area contributed by atoms with Gasteiger partial charge in [0.05, 0.1) is 13.2 Å². The van der Waals surface area contributed by atoms with E-state index in [9.17, 15) is 9.59 Å². The molecule has 1 aliphatic rings. The number of nitrogens with zero attached hydrogens (tertiary/aromatic N) is 3. The molecule has 1 heterocycles. The number of carbonyl (C=O) groups excluding carboxylic acids is 1. The number of urea groups is 1. The summed E-state index contributed by atoms with van der Waals surface area (Å²) >= 11 is 0. The summed E-state index contributed by atoms with van der Waals surface area (Å²) in [5, 5.41) is 9.87. The lowest BCUT2D eigenvalue weighted by Crippen LogP contribution is -2.39. The predicted molar refractivity (Wildman–Crippen MR) is 93.5 cm³/mol. The number of methoxy groups -OCH3 is 1. The van der Waals surface area contributed by atoms with Crippen molar-refractivity contribution in [1.82, 2.24) is 25.0 Å². The Labute approximate surface area is 145 Å². The molecule has 1 saturated carbocycles. The molecule has 0 radical (unpaired) electrons. The molecule has 0 atom stereocenters. The quantitative estimate of drug-likeness (QED) is 0.698. The van der Waals surface area contributed by atoms with E-state index in [1.54, 1.807) is 11.7 Å². The zero-order valence-electron chi connectivity index (χ0n) is 14.3. The van der Waals surface area contributed by atoms with Gasteiger partial charge in [0.25, 0.3) is 0 Å². The molecule has 134 valence electrons. The molecule has 0 bridgehead atoms. The van der Waals surface area contributed by atoms with Gasteiger partial charge < -0.3 is 15.4 Å². The van der Waals surface area contributed by atoms with Crippen molar-refractivity contribution in [3.8, 4) is 11.4 Å². The highest BCUT2D eigenvalue weighted by Crippen LogP contribution is 2.36. The van der Waals surface area contributed by atoms with Crippen molar-refractivity contribution in [2.45, 2.75) is 25.4 Å². The van der Waals surface area contributed by atoms with Crippen LogP contribution in [0.25, 0.3) is 11.4 Å². The SMILES string of the molecule is COCCNC(=O)NCCn1nc(-c2ccccc2)n(C2CC2)c1=O. The Morgan fingerprint density at radius 1 is 1.24 bits per heavy atom. The third kappa shape index (κ3) is 4.27. The second kappa shape index (κ2) is 7.98. The first kappa shape index (κ1) is 17.2. The van der Waals surface area contributed by atoms with E-state index in [-0.39, 0.29) is 17.8 Å². The van der Waals surface area contributed by atoms with Crippen LogP contribution in [0.3, 0.4) is 0 Å². The van der Waals surface area contributed by atoms with Gasteiger partial charge in [-0.05, 0) is 12.8 Å². The van der Waals surface area contributed by atoms with Gasteiger partial charge in [0.1, 0.15) is 0 Å². The number of benzene rings is 1. The summed E-state index contributed by atoms with van der Waals surface area (Å²) in [7, 11) is 1.58. The Morgan fingerprint density at radius 2 is 1.96 bits per heavy atom. The molecule has 3 rings (SSSR count). The van der Waals surface area contributed by atoms with Crippen LogP contribution in [0.5, 0.6) is 0 Å². The molecule has 8 nitrogen and oxygen atoms in total. The van der Waals surface area contributed by atoms with Crippen LogP contribution in [0.1, 0.15) is 18.9 Å². The molecule has 2 aromatic rings. The number of carbonyl (C=O) groups is 1. The zero-order chi connectivity index (χ0) is 17.6. The fourth-order valence-corrected chi connectivity index (χ4v) is 2.62. The molecule has 0 spiro atoms. The third-order valence-corrected chi connectivity index (χ3v) is 4.02. The van der Waals surface area contributed by atoms with Crippen LogP contribution >= 0.6 is 0 Å². The Hall–Kier alpha value is -2.61. The molecule has 25 heavy (non-hydrogen) atoms. The maximum absolute atomic E-state index is 12.6. The molecule has 2 N–H and O–H groups in total. The van der Waals surface area contributed by atoms with Gasteiger partial charge in [0, 0.05) is 31.8 Å². The lowest BCUT2D eigenvalue weighted by molar-refractivity contribution is 0.196. The lowest BCUT2D eigenvalue weighted by Gasteiger charge is -2.06. The smallest absolute Gasteiger partial charge is 0.346 e. The summed E-state index contributed by atoms with van der Waals surface area (Å²) in [6.45, 7) is 1.56. The molecule has 1 aromatic carbocycles. The van der Waals surface area contributed by atoms with E-state index in [4.69, 9.17) is 4.74 Å². The van der Waals surface area contributed by atoms with Gasteiger partial charge in [0.15, 0.2) is 5.82 Å². The van der Waals surface area contributed by atoms with E-state index in [1.807, 2.05) is 30.3 Å². The third-order valence-electron chi connectivity index (χ3n) is 4.02. The van der Waals surface area contributed by atoms with E-state index >= 15 is 0 Å². The monoisotopic (exact) mass is 345 g/mol. The molecular weight excluding hydrogens is 322 g/mol. The van der Waals surface area contributed by atoms with Crippen molar-refractivity contribution in [3.05, 3.63) is 40.8 Å². The minimum Gasteiger partial charge on any atom is -0.383 e. The molecule has 1 fully saturated rings. The normalized spacial score (nSPS) is 13.6. The van der Waals surface area contributed by atoms with Crippen molar-refractivity contribution >= 4 is 6.03 Å². The Morgan fingerprint density at radius 3 is 2.64 bits per heavy atom. The van der Waals surface area contributed by atoms with Crippen molar-refractivity contribution < 1.29 is 9.53 Å². The number of aromatic nitrogens is 3. The topological polar surface area (TPSA) is 90.2 Å². The Kier molecular flexibility index (Phi) is 5.49. The van der Waals surface area contributed by atoms with Gasteiger partial charge >= 0.3 is 11.7 Å². The molecule has 0 saturated heterocycles. The molecule has 0 unspecified atom stereocenters. The van der Waals surface area contributed by atoms with Crippen molar-refractivity contribution in [2.24, 2.45) is 0 Å². The second-order valence-corrected chi connectivity index (χ2v) is 5.97. The standard InChI is InChI=1S/C17H23N5O3/c1-25-12-10-19-16(23)18-9-11-21-17(24)22(14-7-8-14)15(20-21)13-5-3-2-4-6-13/h2-6,14H,7-12H2,1H3,(H2,18,19,23). The highest BCUT2D eigenvalue weighted by Gasteiger charge is 2.30. The van der Waals surface area contributed by atoms with Crippen LogP contribution in [0.4, 0.5) is 4.79 Å². The number of hydrogen-bond donors (Lipinski definition) is 2. The molecule has 2 amide bonds. The lowest BCUT2D eigenvalue weighted by atomic mass is 10.2. The zero-order valence-corrected chi connectivity index (χ0v) is 14.3. The minimum absolute atomic E-state index is 0.122. The largest absolute Gasteiger partial charge is 0.383 e. The molecular formula is C17H23N5O3. The summed E-state index contributed by atoms with van der Waals surface area (Å²) in [6, 6.07) is 9.66. The van der Waals surface area contributed by atoms with E-state index in [0.717, 1.165) is 18.4 Å². The van der Waals surface area contributed by atoms with Crippen LogP contribution in [0, 0.1) is 0 Å².